The van der Waals surface area contributed by atoms with Gasteiger partial charge < -0.3 is 14.6 Å². The minimum atomic E-state index is -0.0337. The van der Waals surface area contributed by atoms with Gasteiger partial charge in [-0.15, -0.1) is 10.2 Å². The van der Waals surface area contributed by atoms with Crippen molar-refractivity contribution in [3.05, 3.63) is 70.5 Å². The molecule has 0 aliphatic rings. The van der Waals surface area contributed by atoms with E-state index in [0.29, 0.717) is 17.4 Å². The van der Waals surface area contributed by atoms with Crippen LogP contribution in [0.15, 0.2) is 53.7 Å². The van der Waals surface area contributed by atoms with Crippen LogP contribution in [0, 0.1) is 6.92 Å². The van der Waals surface area contributed by atoms with E-state index in [1.54, 1.807) is 0 Å². The van der Waals surface area contributed by atoms with Crippen molar-refractivity contribution in [2.24, 2.45) is 7.05 Å². The zero-order chi connectivity index (χ0) is 22.2. The molecule has 31 heavy (non-hydrogen) atoms. The predicted molar refractivity (Wildman–Crippen MR) is 125 cm³/mol. The van der Waals surface area contributed by atoms with E-state index in [1.165, 1.54) is 11.8 Å². The first-order valence-corrected chi connectivity index (χ1v) is 11.5. The fourth-order valence-corrected chi connectivity index (χ4v) is 4.08. The maximum absolute atomic E-state index is 12.3. The molecule has 2 aromatic carbocycles. The third kappa shape index (κ3) is 6.74. The zero-order valence-electron chi connectivity index (χ0n) is 18.0. The van der Waals surface area contributed by atoms with Crippen LogP contribution in [0.2, 0.25) is 5.02 Å². The second-order valence-corrected chi connectivity index (χ2v) is 8.69. The van der Waals surface area contributed by atoms with E-state index in [2.05, 4.69) is 15.5 Å². The number of aryl methyl sites for hydroxylation is 2. The van der Waals surface area contributed by atoms with Crippen LogP contribution in [0.1, 0.15) is 36.3 Å². The van der Waals surface area contributed by atoms with Crippen LogP contribution in [-0.2, 0) is 18.3 Å². The van der Waals surface area contributed by atoms with Crippen molar-refractivity contribution >= 4 is 29.3 Å². The highest BCUT2D eigenvalue weighted by Crippen LogP contribution is 2.22. The van der Waals surface area contributed by atoms with Crippen molar-refractivity contribution in [3.63, 3.8) is 0 Å². The van der Waals surface area contributed by atoms with Crippen LogP contribution >= 0.6 is 23.4 Å². The number of benzene rings is 2. The van der Waals surface area contributed by atoms with Gasteiger partial charge in [-0.1, -0.05) is 53.7 Å². The number of amides is 1. The van der Waals surface area contributed by atoms with Gasteiger partial charge in [0, 0.05) is 18.5 Å². The Kier molecular flexibility index (Phi) is 8.37. The van der Waals surface area contributed by atoms with Crippen molar-refractivity contribution in [1.82, 2.24) is 20.1 Å². The summed E-state index contributed by atoms with van der Waals surface area (Å²) in [5.74, 6) is 1.98. The number of aromatic nitrogens is 3. The number of carbonyl (C=O) groups excluding carboxylic acids is 1. The minimum absolute atomic E-state index is 0.0300. The van der Waals surface area contributed by atoms with Crippen LogP contribution in [0.25, 0.3) is 0 Å². The van der Waals surface area contributed by atoms with E-state index in [0.717, 1.165) is 40.7 Å². The number of halogens is 1. The lowest BCUT2D eigenvalue weighted by atomic mass is 10.1. The van der Waals surface area contributed by atoms with Crippen LogP contribution in [-0.4, -0.2) is 33.0 Å². The summed E-state index contributed by atoms with van der Waals surface area (Å²) in [4.78, 5) is 12.3. The van der Waals surface area contributed by atoms with Gasteiger partial charge in [0.2, 0.25) is 5.91 Å². The molecule has 3 aromatic rings. The smallest absolute Gasteiger partial charge is 0.230 e. The molecule has 1 N–H and O–H groups in total. The summed E-state index contributed by atoms with van der Waals surface area (Å²) in [7, 11) is 1.92. The van der Waals surface area contributed by atoms with E-state index >= 15 is 0 Å². The lowest BCUT2D eigenvalue weighted by molar-refractivity contribution is -0.119. The Morgan fingerprint density at radius 1 is 1.23 bits per heavy atom. The molecule has 0 saturated heterocycles. The van der Waals surface area contributed by atoms with Gasteiger partial charge in [-0.05, 0) is 49.6 Å². The molecule has 0 saturated carbocycles. The average Bonchev–Trinajstić information content (AvgIpc) is 3.11. The maximum Gasteiger partial charge on any atom is 0.230 e. The van der Waals surface area contributed by atoms with Gasteiger partial charge in [0.15, 0.2) is 5.16 Å². The Balaban J connectivity index is 1.42. The van der Waals surface area contributed by atoms with E-state index < -0.39 is 0 Å². The molecule has 0 aliphatic carbocycles. The van der Waals surface area contributed by atoms with Crippen LogP contribution in [0.4, 0.5) is 0 Å². The predicted octanol–water partition coefficient (Wildman–Crippen LogP) is 4.76. The van der Waals surface area contributed by atoms with E-state index in [1.807, 2.05) is 74.0 Å². The van der Waals surface area contributed by atoms with Crippen molar-refractivity contribution in [1.29, 1.82) is 0 Å². The zero-order valence-corrected chi connectivity index (χ0v) is 19.5. The summed E-state index contributed by atoms with van der Waals surface area (Å²) in [6.07, 6.45) is 1.56. The molecule has 0 radical (unpaired) electrons. The number of nitrogens with zero attached hydrogens (tertiary/aromatic N) is 3. The number of hydrogen-bond acceptors (Lipinski definition) is 5. The van der Waals surface area contributed by atoms with Crippen molar-refractivity contribution in [2.75, 3.05) is 12.4 Å². The fourth-order valence-electron chi connectivity index (χ4n) is 3.11. The summed E-state index contributed by atoms with van der Waals surface area (Å²) < 4.78 is 7.77. The van der Waals surface area contributed by atoms with E-state index in [9.17, 15) is 4.79 Å². The van der Waals surface area contributed by atoms with Gasteiger partial charge in [0.1, 0.15) is 11.6 Å². The molecular weight excluding hydrogens is 432 g/mol. The molecule has 3 rings (SSSR count). The highest BCUT2D eigenvalue weighted by atomic mass is 35.5. The summed E-state index contributed by atoms with van der Waals surface area (Å²) in [6, 6.07) is 15.5. The second kappa shape index (κ2) is 11.2. The average molecular weight is 459 g/mol. The Bertz CT molecular complexity index is 1010. The highest BCUT2D eigenvalue weighted by Gasteiger charge is 2.13. The molecule has 1 aromatic heterocycles. The van der Waals surface area contributed by atoms with Gasteiger partial charge in [-0.2, -0.15) is 0 Å². The standard InChI is InChI=1S/C23H27ClN4O2S/c1-16-14-19(24)11-12-20(16)30-13-7-10-21-26-27-23(28(21)3)31-15-22(29)25-17(2)18-8-5-4-6-9-18/h4-6,8-9,11-12,14,17H,7,10,13,15H2,1-3H3,(H,25,29). The Morgan fingerprint density at radius 3 is 2.74 bits per heavy atom. The van der Waals surface area contributed by atoms with Gasteiger partial charge in [0.25, 0.3) is 0 Å². The number of nitrogens with one attached hydrogen (secondary N) is 1. The van der Waals surface area contributed by atoms with Gasteiger partial charge in [-0.25, -0.2) is 0 Å². The molecule has 0 fully saturated rings. The maximum atomic E-state index is 12.3. The molecule has 1 unspecified atom stereocenters. The largest absolute Gasteiger partial charge is 0.493 e. The SMILES string of the molecule is Cc1cc(Cl)ccc1OCCCc1nnc(SCC(=O)NC(C)c2ccccc2)n1C. The molecular formula is C23H27ClN4O2S. The summed E-state index contributed by atoms with van der Waals surface area (Å²) in [5, 5.41) is 12.9. The molecule has 0 spiro atoms. The Morgan fingerprint density at radius 2 is 2.00 bits per heavy atom. The molecule has 8 heteroatoms. The summed E-state index contributed by atoms with van der Waals surface area (Å²) in [6.45, 7) is 4.54. The molecule has 1 atom stereocenters. The van der Waals surface area contributed by atoms with Crippen molar-refractivity contribution in [2.45, 2.75) is 37.9 Å². The number of thioether (sulfide) groups is 1. The third-order valence-corrected chi connectivity index (χ3v) is 6.13. The van der Waals surface area contributed by atoms with E-state index in [4.69, 9.17) is 16.3 Å². The monoisotopic (exact) mass is 458 g/mol. The lowest BCUT2D eigenvalue weighted by Gasteiger charge is -2.14. The first kappa shape index (κ1) is 23.2. The molecule has 6 nitrogen and oxygen atoms in total. The summed E-state index contributed by atoms with van der Waals surface area (Å²) >= 11 is 7.36. The second-order valence-electron chi connectivity index (χ2n) is 7.31. The van der Waals surface area contributed by atoms with Crippen molar-refractivity contribution in [3.8, 4) is 5.75 Å². The number of ether oxygens (including phenoxy) is 1. The molecule has 164 valence electrons. The molecule has 1 heterocycles. The summed E-state index contributed by atoms with van der Waals surface area (Å²) in [5.41, 5.74) is 2.10. The first-order valence-electron chi connectivity index (χ1n) is 10.2. The topological polar surface area (TPSA) is 69.0 Å². The van der Waals surface area contributed by atoms with Crippen LogP contribution in [0.3, 0.4) is 0 Å². The van der Waals surface area contributed by atoms with Gasteiger partial charge in [0.05, 0.1) is 18.4 Å². The van der Waals surface area contributed by atoms with Crippen molar-refractivity contribution < 1.29 is 9.53 Å². The molecule has 0 bridgehead atoms. The number of carbonyl (C=O) groups is 1. The number of rotatable bonds is 10. The molecule has 1 amide bonds. The Hall–Kier alpha value is -2.51. The Labute approximate surface area is 192 Å². The normalized spacial score (nSPS) is 11.9. The third-order valence-electron chi connectivity index (χ3n) is 4.87. The quantitative estimate of drug-likeness (QED) is 0.350. The first-order chi connectivity index (χ1) is 14.9. The fraction of sp³-hybridized carbons (Fsp3) is 0.348. The van der Waals surface area contributed by atoms with Gasteiger partial charge in [-0.3, -0.25) is 4.79 Å². The van der Waals surface area contributed by atoms with Gasteiger partial charge >= 0.3 is 0 Å². The van der Waals surface area contributed by atoms with Crippen LogP contribution < -0.4 is 10.1 Å². The number of hydrogen-bond donors (Lipinski definition) is 1. The highest BCUT2D eigenvalue weighted by molar-refractivity contribution is 7.99. The van der Waals surface area contributed by atoms with Crippen LogP contribution in [0.5, 0.6) is 5.75 Å². The minimum Gasteiger partial charge on any atom is -0.493 e. The van der Waals surface area contributed by atoms with E-state index in [-0.39, 0.29) is 11.9 Å². The molecule has 0 aliphatic heterocycles. The lowest BCUT2D eigenvalue weighted by Crippen LogP contribution is -2.28.